The molecule has 0 saturated carbocycles. The maximum absolute atomic E-state index is 15.4. The summed E-state index contributed by atoms with van der Waals surface area (Å²) in [6, 6.07) is 7.32. The fourth-order valence-corrected chi connectivity index (χ4v) is 4.40. The fraction of sp³-hybridized carbons (Fsp3) is 0.304. The summed E-state index contributed by atoms with van der Waals surface area (Å²) in [5.74, 6) is 0.718. The van der Waals surface area contributed by atoms with Crippen molar-refractivity contribution in [3.8, 4) is 17.0 Å². The number of ether oxygens (including phenoxy) is 2. The average molecular weight is 494 g/mol. The van der Waals surface area contributed by atoms with Crippen molar-refractivity contribution in [3.05, 3.63) is 43.0 Å². The number of hydrogen-bond acceptors (Lipinski definition) is 10. The van der Waals surface area contributed by atoms with Gasteiger partial charge in [-0.15, -0.1) is 0 Å². The number of anilines is 2. The van der Waals surface area contributed by atoms with Crippen LogP contribution in [0.15, 0.2) is 47.4 Å². The van der Waals surface area contributed by atoms with Crippen molar-refractivity contribution in [1.82, 2.24) is 29.3 Å². The molecule has 0 radical (unpaired) electrons. The second-order valence-corrected chi connectivity index (χ2v) is 8.49. The van der Waals surface area contributed by atoms with E-state index in [4.69, 9.17) is 19.6 Å². The Morgan fingerprint density at radius 2 is 2.14 bits per heavy atom. The SMILES string of the molecule is CNc1nc2cc(OC[C@H]3O[C@@H](n4cc(-c5ccn(C)n5)c5c(N)ncnc54)[C@@H](F)[C@@H]3O)ccc2o1. The van der Waals surface area contributed by atoms with Crippen molar-refractivity contribution in [2.75, 3.05) is 24.7 Å². The van der Waals surface area contributed by atoms with Crippen molar-refractivity contribution in [2.24, 2.45) is 7.05 Å². The number of nitrogens with zero attached hydrogens (tertiary/aromatic N) is 6. The molecule has 12 nitrogen and oxygen atoms in total. The Balaban J connectivity index is 1.27. The van der Waals surface area contributed by atoms with E-state index in [0.717, 1.165) is 0 Å². The summed E-state index contributed by atoms with van der Waals surface area (Å²) in [4.78, 5) is 12.7. The zero-order valence-corrected chi connectivity index (χ0v) is 19.4. The largest absolute Gasteiger partial charge is 0.491 e. The number of nitrogens with one attached hydrogen (secondary N) is 1. The van der Waals surface area contributed by atoms with Crippen LogP contribution >= 0.6 is 0 Å². The lowest BCUT2D eigenvalue weighted by Crippen LogP contribution is -2.32. The molecular weight excluding hydrogens is 471 g/mol. The van der Waals surface area contributed by atoms with Gasteiger partial charge in [-0.1, -0.05) is 0 Å². The van der Waals surface area contributed by atoms with Crippen LogP contribution in [0.5, 0.6) is 5.75 Å². The predicted molar refractivity (Wildman–Crippen MR) is 128 cm³/mol. The maximum atomic E-state index is 15.4. The van der Waals surface area contributed by atoms with Crippen LogP contribution < -0.4 is 15.8 Å². The standard InChI is InChI=1S/C23H23FN8O4/c1-26-23-29-14-7-11(3-4-15(14)36-23)34-9-16-19(33)18(24)22(35-16)32-8-12(13-5-6-31(2)30-13)17-20(25)27-10-28-21(17)32/h3-8,10,16,18-19,22,33H,9H2,1-2H3,(H,26,29)(H2,25,27,28)/t16-,18+,19-,22-/m1/s1. The molecule has 6 rings (SSSR count). The molecule has 0 unspecified atom stereocenters. The highest BCUT2D eigenvalue weighted by atomic mass is 19.1. The molecular formula is C23H23FN8O4. The first-order chi connectivity index (χ1) is 17.4. The summed E-state index contributed by atoms with van der Waals surface area (Å²) in [6.07, 6.45) is -0.483. The Bertz CT molecular complexity index is 1560. The molecule has 5 aromatic rings. The van der Waals surface area contributed by atoms with E-state index in [1.807, 2.05) is 6.07 Å². The molecule has 5 heterocycles. The number of hydrogen-bond donors (Lipinski definition) is 3. The highest BCUT2D eigenvalue weighted by molar-refractivity contribution is 5.99. The summed E-state index contributed by atoms with van der Waals surface area (Å²) in [7, 11) is 3.50. The van der Waals surface area contributed by atoms with Crippen LogP contribution in [0, 0.1) is 0 Å². The number of aryl methyl sites for hydroxylation is 1. The molecule has 1 fully saturated rings. The normalized spacial score (nSPS) is 22.0. The predicted octanol–water partition coefficient (Wildman–Crippen LogP) is 2.27. The Labute approximate surface area is 203 Å². The second kappa shape index (κ2) is 8.46. The van der Waals surface area contributed by atoms with E-state index >= 15 is 4.39 Å². The van der Waals surface area contributed by atoms with Crippen LogP contribution in [-0.4, -0.2) is 66.4 Å². The van der Waals surface area contributed by atoms with Gasteiger partial charge in [-0.05, 0) is 18.2 Å². The molecule has 0 spiro atoms. The molecule has 1 aromatic carbocycles. The molecule has 4 atom stereocenters. The van der Waals surface area contributed by atoms with Gasteiger partial charge >= 0.3 is 0 Å². The Hall–Kier alpha value is -4.23. The molecule has 13 heteroatoms. The second-order valence-electron chi connectivity index (χ2n) is 8.49. The lowest BCUT2D eigenvalue weighted by atomic mass is 10.1. The van der Waals surface area contributed by atoms with E-state index in [0.29, 0.717) is 45.2 Å². The molecule has 36 heavy (non-hydrogen) atoms. The van der Waals surface area contributed by atoms with E-state index in [1.165, 1.54) is 10.9 Å². The average Bonchev–Trinajstić information content (AvgIpc) is 3.64. The molecule has 4 N–H and O–H groups in total. The minimum Gasteiger partial charge on any atom is -0.491 e. The van der Waals surface area contributed by atoms with Gasteiger partial charge in [0.05, 0.1) is 11.1 Å². The molecule has 1 saturated heterocycles. The van der Waals surface area contributed by atoms with Gasteiger partial charge in [0.1, 0.15) is 47.9 Å². The molecule has 1 aliphatic rings. The van der Waals surface area contributed by atoms with Gasteiger partial charge in [0.2, 0.25) is 0 Å². The number of aliphatic hydroxyl groups excluding tert-OH is 1. The summed E-state index contributed by atoms with van der Waals surface area (Å²) in [6.45, 7) is -0.0796. The number of rotatable bonds is 6. The van der Waals surface area contributed by atoms with Crippen LogP contribution in [0.25, 0.3) is 33.4 Å². The van der Waals surface area contributed by atoms with Crippen LogP contribution in [0.4, 0.5) is 16.2 Å². The molecule has 0 amide bonds. The van der Waals surface area contributed by atoms with Gasteiger partial charge in [-0.25, -0.2) is 14.4 Å². The summed E-state index contributed by atoms with van der Waals surface area (Å²) >= 11 is 0. The van der Waals surface area contributed by atoms with Gasteiger partial charge < -0.3 is 34.6 Å². The molecule has 4 aromatic heterocycles. The number of nitrogens with two attached hydrogens (primary N) is 1. The van der Waals surface area contributed by atoms with Crippen molar-refractivity contribution in [2.45, 2.75) is 24.6 Å². The molecule has 0 bridgehead atoms. The third-order valence-corrected chi connectivity index (χ3v) is 6.18. The third kappa shape index (κ3) is 3.60. The monoisotopic (exact) mass is 494 g/mol. The number of benzene rings is 1. The number of aliphatic hydroxyl groups is 1. The minimum atomic E-state index is -1.74. The highest BCUT2D eigenvalue weighted by Gasteiger charge is 2.46. The Morgan fingerprint density at radius 1 is 1.28 bits per heavy atom. The van der Waals surface area contributed by atoms with E-state index in [1.54, 1.807) is 49.4 Å². The third-order valence-electron chi connectivity index (χ3n) is 6.18. The van der Waals surface area contributed by atoms with E-state index in [9.17, 15) is 5.11 Å². The minimum absolute atomic E-state index is 0.0796. The summed E-state index contributed by atoms with van der Waals surface area (Å²) in [5, 5.41) is 18.4. The van der Waals surface area contributed by atoms with Gasteiger partial charge in [0.25, 0.3) is 6.01 Å². The first-order valence-corrected chi connectivity index (χ1v) is 11.2. The van der Waals surface area contributed by atoms with Crippen LogP contribution in [0.3, 0.4) is 0 Å². The topological polar surface area (TPSA) is 151 Å². The summed E-state index contributed by atoms with van der Waals surface area (Å²) in [5.41, 5.74) is 8.98. The van der Waals surface area contributed by atoms with Gasteiger partial charge in [-0.3, -0.25) is 4.68 Å². The molecule has 186 valence electrons. The molecule has 1 aliphatic heterocycles. The van der Waals surface area contributed by atoms with Crippen molar-refractivity contribution in [3.63, 3.8) is 0 Å². The number of oxazole rings is 1. The number of fused-ring (bicyclic) bond motifs is 2. The zero-order chi connectivity index (χ0) is 25.0. The van der Waals surface area contributed by atoms with Gasteiger partial charge in [0, 0.05) is 38.1 Å². The van der Waals surface area contributed by atoms with Crippen molar-refractivity contribution in [1.29, 1.82) is 0 Å². The first kappa shape index (κ1) is 22.2. The quantitative estimate of drug-likeness (QED) is 0.321. The Morgan fingerprint density at radius 3 is 2.92 bits per heavy atom. The number of aromatic nitrogens is 6. The maximum Gasteiger partial charge on any atom is 0.295 e. The molecule has 0 aliphatic carbocycles. The highest BCUT2D eigenvalue weighted by Crippen LogP contribution is 2.39. The lowest BCUT2D eigenvalue weighted by molar-refractivity contribution is -0.0410. The van der Waals surface area contributed by atoms with Gasteiger partial charge in [-0.2, -0.15) is 10.1 Å². The van der Waals surface area contributed by atoms with Crippen molar-refractivity contribution < 1.29 is 23.4 Å². The Kier molecular flexibility index (Phi) is 5.23. The number of halogens is 1. The van der Waals surface area contributed by atoms with Crippen molar-refractivity contribution >= 4 is 34.0 Å². The number of alkyl halides is 1. The van der Waals surface area contributed by atoms with Crippen LogP contribution in [-0.2, 0) is 11.8 Å². The number of nitrogen functional groups attached to an aromatic ring is 1. The summed E-state index contributed by atoms with van der Waals surface area (Å²) < 4.78 is 35.8. The van der Waals surface area contributed by atoms with E-state index in [2.05, 4.69) is 25.4 Å². The zero-order valence-electron chi connectivity index (χ0n) is 19.4. The smallest absolute Gasteiger partial charge is 0.295 e. The van der Waals surface area contributed by atoms with Crippen LogP contribution in [0.2, 0.25) is 0 Å². The lowest BCUT2D eigenvalue weighted by Gasteiger charge is -2.16. The first-order valence-electron chi connectivity index (χ1n) is 11.2. The van der Waals surface area contributed by atoms with E-state index < -0.39 is 24.6 Å². The van der Waals surface area contributed by atoms with Gasteiger partial charge in [0.15, 0.2) is 18.0 Å². The fourth-order valence-electron chi connectivity index (χ4n) is 4.40. The van der Waals surface area contributed by atoms with Crippen LogP contribution in [0.1, 0.15) is 6.23 Å². The van der Waals surface area contributed by atoms with E-state index in [-0.39, 0.29) is 12.4 Å².